The van der Waals surface area contributed by atoms with E-state index in [0.29, 0.717) is 17.6 Å². The molecule has 0 spiro atoms. The number of carbonyl (C=O) groups is 1. The van der Waals surface area contributed by atoms with Crippen molar-refractivity contribution in [2.24, 2.45) is 17.8 Å². The molecule has 0 saturated heterocycles. The van der Waals surface area contributed by atoms with E-state index in [9.17, 15) is 4.79 Å². The second kappa shape index (κ2) is 6.30. The Bertz CT molecular complexity index is 190. The summed E-state index contributed by atoms with van der Waals surface area (Å²) < 4.78 is 0. The van der Waals surface area contributed by atoms with Crippen LogP contribution in [0.1, 0.15) is 65.7 Å². The molecule has 1 fully saturated rings. The van der Waals surface area contributed by atoms with Gasteiger partial charge < -0.3 is 0 Å². The van der Waals surface area contributed by atoms with Crippen LogP contribution in [0.5, 0.6) is 0 Å². The summed E-state index contributed by atoms with van der Waals surface area (Å²) in [6.07, 6.45) is 8.06. The predicted molar refractivity (Wildman–Crippen MR) is 64.8 cm³/mol. The van der Waals surface area contributed by atoms with Crippen LogP contribution < -0.4 is 0 Å². The number of carbonyl (C=O) groups excluding carboxylic acids is 1. The van der Waals surface area contributed by atoms with Crippen molar-refractivity contribution in [2.75, 3.05) is 0 Å². The van der Waals surface area contributed by atoms with Gasteiger partial charge in [-0.25, -0.2) is 0 Å². The topological polar surface area (TPSA) is 17.1 Å². The van der Waals surface area contributed by atoms with Gasteiger partial charge in [-0.1, -0.05) is 46.5 Å². The van der Waals surface area contributed by atoms with Crippen molar-refractivity contribution in [3.63, 3.8) is 0 Å². The van der Waals surface area contributed by atoms with E-state index in [0.717, 1.165) is 25.2 Å². The molecule has 1 atom stereocenters. The van der Waals surface area contributed by atoms with Gasteiger partial charge in [-0.2, -0.15) is 0 Å². The lowest BCUT2D eigenvalue weighted by Crippen LogP contribution is -2.22. The van der Waals surface area contributed by atoms with Crippen molar-refractivity contribution in [3.8, 4) is 0 Å². The van der Waals surface area contributed by atoms with Crippen molar-refractivity contribution >= 4 is 5.78 Å². The maximum absolute atomic E-state index is 12.0. The van der Waals surface area contributed by atoms with Crippen LogP contribution in [-0.4, -0.2) is 5.78 Å². The normalized spacial score (nSPS) is 28.7. The second-order valence-electron chi connectivity index (χ2n) is 5.52. The lowest BCUT2D eigenvalue weighted by atomic mass is 9.79. The third-order valence-electron chi connectivity index (χ3n) is 3.80. The van der Waals surface area contributed by atoms with E-state index >= 15 is 0 Å². The molecule has 1 nitrogen and oxygen atoms in total. The van der Waals surface area contributed by atoms with E-state index in [1.54, 1.807) is 0 Å². The first-order valence-electron chi connectivity index (χ1n) is 6.66. The molecule has 1 unspecified atom stereocenters. The highest BCUT2D eigenvalue weighted by Crippen LogP contribution is 2.30. The summed E-state index contributed by atoms with van der Waals surface area (Å²) in [5.41, 5.74) is 0. The molecular weight excluding hydrogens is 184 g/mol. The van der Waals surface area contributed by atoms with Crippen LogP contribution in [0.15, 0.2) is 0 Å². The highest BCUT2D eigenvalue weighted by atomic mass is 16.1. The van der Waals surface area contributed by atoms with E-state index in [1.165, 1.54) is 25.7 Å². The summed E-state index contributed by atoms with van der Waals surface area (Å²) in [6.45, 7) is 6.72. The van der Waals surface area contributed by atoms with E-state index in [1.807, 2.05) is 0 Å². The Labute approximate surface area is 94.6 Å². The summed E-state index contributed by atoms with van der Waals surface area (Å²) in [4.78, 5) is 12.0. The highest BCUT2D eigenvalue weighted by Gasteiger charge is 2.24. The molecule has 1 aliphatic rings. The van der Waals surface area contributed by atoms with Crippen molar-refractivity contribution in [2.45, 2.75) is 65.7 Å². The molecule has 15 heavy (non-hydrogen) atoms. The van der Waals surface area contributed by atoms with Crippen LogP contribution in [0.2, 0.25) is 0 Å². The smallest absolute Gasteiger partial charge is 0.136 e. The molecule has 0 radical (unpaired) electrons. The standard InChI is InChI=1S/C14H26O/c1-4-5-12(3)10-14(15)13-8-6-11(2)7-9-13/h11-13H,4-10H2,1-3H3. The number of hydrogen-bond acceptors (Lipinski definition) is 1. The van der Waals surface area contributed by atoms with Crippen LogP contribution in [0.25, 0.3) is 0 Å². The fourth-order valence-corrected chi connectivity index (χ4v) is 2.69. The Balaban J connectivity index is 2.27. The molecular formula is C14H26O. The van der Waals surface area contributed by atoms with Gasteiger partial charge in [0.15, 0.2) is 0 Å². The van der Waals surface area contributed by atoms with E-state index in [4.69, 9.17) is 0 Å². The molecule has 1 aliphatic carbocycles. The summed E-state index contributed by atoms with van der Waals surface area (Å²) in [5, 5.41) is 0. The zero-order valence-corrected chi connectivity index (χ0v) is 10.6. The van der Waals surface area contributed by atoms with E-state index in [-0.39, 0.29) is 0 Å². The van der Waals surface area contributed by atoms with Crippen LogP contribution in [-0.2, 0) is 4.79 Å². The minimum atomic E-state index is 0.403. The van der Waals surface area contributed by atoms with Gasteiger partial charge in [0.2, 0.25) is 0 Å². The third-order valence-corrected chi connectivity index (χ3v) is 3.80. The maximum Gasteiger partial charge on any atom is 0.136 e. The monoisotopic (exact) mass is 210 g/mol. The fourth-order valence-electron chi connectivity index (χ4n) is 2.69. The van der Waals surface area contributed by atoms with Gasteiger partial charge in [0, 0.05) is 12.3 Å². The summed E-state index contributed by atoms with van der Waals surface area (Å²) in [5.74, 6) is 2.40. The Kier molecular flexibility index (Phi) is 5.35. The zero-order chi connectivity index (χ0) is 11.3. The van der Waals surface area contributed by atoms with Gasteiger partial charge in [-0.15, -0.1) is 0 Å². The summed E-state index contributed by atoms with van der Waals surface area (Å²) in [7, 11) is 0. The molecule has 0 aromatic heterocycles. The minimum Gasteiger partial charge on any atom is -0.299 e. The van der Waals surface area contributed by atoms with Crippen molar-refractivity contribution in [1.82, 2.24) is 0 Å². The van der Waals surface area contributed by atoms with Crippen LogP contribution in [0.3, 0.4) is 0 Å². The molecule has 1 heteroatoms. The Morgan fingerprint density at radius 2 is 1.87 bits per heavy atom. The molecule has 1 saturated carbocycles. The first-order valence-corrected chi connectivity index (χ1v) is 6.66. The number of Topliss-reactive ketones (excluding diaryl/α,β-unsaturated/α-hetero) is 1. The number of ketones is 1. The Morgan fingerprint density at radius 1 is 1.27 bits per heavy atom. The minimum absolute atomic E-state index is 0.403. The van der Waals surface area contributed by atoms with Gasteiger partial charge in [0.25, 0.3) is 0 Å². The Morgan fingerprint density at radius 3 is 2.40 bits per heavy atom. The largest absolute Gasteiger partial charge is 0.299 e. The molecule has 0 aromatic rings. The SMILES string of the molecule is CCCC(C)CC(=O)C1CCC(C)CC1. The van der Waals surface area contributed by atoms with Crippen LogP contribution >= 0.6 is 0 Å². The van der Waals surface area contributed by atoms with Crippen molar-refractivity contribution in [3.05, 3.63) is 0 Å². The van der Waals surface area contributed by atoms with Crippen LogP contribution in [0, 0.1) is 17.8 Å². The van der Waals surface area contributed by atoms with E-state index < -0.39 is 0 Å². The lowest BCUT2D eigenvalue weighted by Gasteiger charge is -2.25. The average Bonchev–Trinajstić information content (AvgIpc) is 2.18. The van der Waals surface area contributed by atoms with Gasteiger partial charge in [0.05, 0.1) is 0 Å². The first-order chi connectivity index (χ1) is 7.13. The van der Waals surface area contributed by atoms with E-state index in [2.05, 4.69) is 20.8 Å². The van der Waals surface area contributed by atoms with Crippen molar-refractivity contribution in [1.29, 1.82) is 0 Å². The zero-order valence-electron chi connectivity index (χ0n) is 10.6. The highest BCUT2D eigenvalue weighted by molar-refractivity contribution is 5.81. The fraction of sp³-hybridized carbons (Fsp3) is 0.929. The first kappa shape index (κ1) is 12.7. The van der Waals surface area contributed by atoms with Gasteiger partial charge in [-0.3, -0.25) is 4.79 Å². The third kappa shape index (κ3) is 4.36. The lowest BCUT2D eigenvalue weighted by molar-refractivity contribution is -0.124. The molecule has 0 heterocycles. The number of hydrogen-bond donors (Lipinski definition) is 0. The van der Waals surface area contributed by atoms with Gasteiger partial charge in [0.1, 0.15) is 5.78 Å². The molecule has 88 valence electrons. The number of rotatable bonds is 5. The molecule has 0 amide bonds. The van der Waals surface area contributed by atoms with Crippen LogP contribution in [0.4, 0.5) is 0 Å². The Hall–Kier alpha value is -0.330. The second-order valence-corrected chi connectivity index (χ2v) is 5.52. The molecule has 1 rings (SSSR count). The molecule has 0 aromatic carbocycles. The van der Waals surface area contributed by atoms with Crippen molar-refractivity contribution < 1.29 is 4.79 Å². The summed E-state index contributed by atoms with van der Waals surface area (Å²) >= 11 is 0. The average molecular weight is 210 g/mol. The quantitative estimate of drug-likeness (QED) is 0.664. The molecule has 0 bridgehead atoms. The predicted octanol–water partition coefficient (Wildman–Crippen LogP) is 4.21. The molecule has 0 N–H and O–H groups in total. The molecule has 0 aliphatic heterocycles. The summed E-state index contributed by atoms with van der Waals surface area (Å²) in [6, 6.07) is 0. The van der Waals surface area contributed by atoms with Gasteiger partial charge in [-0.05, 0) is 24.7 Å². The maximum atomic E-state index is 12.0. The van der Waals surface area contributed by atoms with Gasteiger partial charge >= 0.3 is 0 Å².